The Morgan fingerprint density at radius 1 is 0.500 bits per heavy atom. The molecule has 68 valence electrons. The number of benzene rings is 2. The summed E-state index contributed by atoms with van der Waals surface area (Å²) >= 11 is 0. The molecule has 0 atom stereocenters. The Morgan fingerprint density at radius 2 is 0.786 bits per heavy atom. The fourth-order valence-corrected chi connectivity index (χ4v) is 1.26. The van der Waals surface area contributed by atoms with Crippen molar-refractivity contribution in [2.24, 2.45) is 0 Å². The molecule has 0 aromatic heterocycles. The molecule has 14 heavy (non-hydrogen) atoms. The Balaban J connectivity index is 0.000000845. The maximum absolute atomic E-state index is 2.12. The van der Waals surface area contributed by atoms with Crippen molar-refractivity contribution in [2.45, 2.75) is 0 Å². The Morgan fingerprint density at radius 3 is 1.07 bits per heavy atom. The normalized spacial score (nSPS) is 8.29. The SMILES string of the molecule is [NaH].[SbH3].c1ccc(-c2ccccc2)cc1. The van der Waals surface area contributed by atoms with Gasteiger partial charge in [0.2, 0.25) is 0 Å². The van der Waals surface area contributed by atoms with E-state index >= 15 is 0 Å². The van der Waals surface area contributed by atoms with Gasteiger partial charge in [0.15, 0.2) is 0 Å². The molecule has 0 N–H and O–H groups in total. The summed E-state index contributed by atoms with van der Waals surface area (Å²) in [6.07, 6.45) is 0. The van der Waals surface area contributed by atoms with Crippen LogP contribution in [0.1, 0.15) is 0 Å². The summed E-state index contributed by atoms with van der Waals surface area (Å²) in [4.78, 5) is 0. The number of hydrogen-bond acceptors (Lipinski definition) is 0. The maximum Gasteiger partial charge on any atom is -0.0184 e. The zero-order valence-electron chi connectivity index (χ0n) is 7.48. The molecule has 0 nitrogen and oxygen atoms in total. The molecule has 0 saturated heterocycles. The van der Waals surface area contributed by atoms with Crippen molar-refractivity contribution < 1.29 is 0 Å². The van der Waals surface area contributed by atoms with E-state index in [9.17, 15) is 0 Å². The van der Waals surface area contributed by atoms with Crippen molar-refractivity contribution in [2.75, 3.05) is 0 Å². The van der Waals surface area contributed by atoms with Crippen LogP contribution in [0.2, 0.25) is 0 Å². The van der Waals surface area contributed by atoms with Crippen LogP contribution in [-0.4, -0.2) is 54.0 Å². The van der Waals surface area contributed by atoms with E-state index in [0.717, 1.165) is 0 Å². The molecule has 0 heterocycles. The van der Waals surface area contributed by atoms with Crippen LogP contribution in [-0.2, 0) is 0 Å². The molecule has 0 saturated carbocycles. The maximum atomic E-state index is 2.12. The Kier molecular flexibility index (Phi) is 7.68. The van der Waals surface area contributed by atoms with Crippen LogP contribution in [0.5, 0.6) is 0 Å². The van der Waals surface area contributed by atoms with Gasteiger partial charge in [-0.2, -0.15) is 0 Å². The molecule has 0 spiro atoms. The van der Waals surface area contributed by atoms with Gasteiger partial charge < -0.3 is 0 Å². The van der Waals surface area contributed by atoms with Gasteiger partial charge in [0, 0.05) is 0 Å². The molecular weight excluding hydrogens is 289 g/mol. The second kappa shape index (κ2) is 7.54. The van der Waals surface area contributed by atoms with Gasteiger partial charge >= 0.3 is 54.0 Å². The van der Waals surface area contributed by atoms with E-state index in [2.05, 4.69) is 48.5 Å². The van der Waals surface area contributed by atoms with E-state index in [1.165, 1.54) is 11.1 Å². The van der Waals surface area contributed by atoms with E-state index in [0.29, 0.717) is 0 Å². The van der Waals surface area contributed by atoms with Crippen LogP contribution in [0.4, 0.5) is 0 Å². The standard InChI is InChI=1S/C12H10.Na.Sb.4H/c1-3-7-11(8-4-1)12-9-5-2-6-10-12;;;;;;/h1-10H;;;;;;. The van der Waals surface area contributed by atoms with Crippen LogP contribution in [0.25, 0.3) is 11.1 Å². The molecule has 0 aliphatic rings. The minimum Gasteiger partial charge on any atom is -0.0622 e. The topological polar surface area (TPSA) is 0 Å². The molecule has 0 radical (unpaired) electrons. The molecule has 0 amide bonds. The first-order chi connectivity index (χ1) is 5.97. The monoisotopic (exact) mass is 302 g/mol. The van der Waals surface area contributed by atoms with Crippen molar-refractivity contribution in [1.29, 1.82) is 0 Å². The van der Waals surface area contributed by atoms with Crippen molar-refractivity contribution in [3.63, 3.8) is 0 Å². The molecule has 0 bridgehead atoms. The van der Waals surface area contributed by atoms with Crippen LogP contribution in [0, 0.1) is 0 Å². The molecule has 0 aliphatic carbocycles. The van der Waals surface area contributed by atoms with Gasteiger partial charge in [0.1, 0.15) is 0 Å². The molecule has 2 aromatic rings. The largest absolute Gasteiger partial charge is 0.0622 e. The zero-order chi connectivity index (χ0) is 8.23. The summed E-state index contributed by atoms with van der Waals surface area (Å²) in [6.45, 7) is 0. The second-order valence-corrected chi connectivity index (χ2v) is 2.73. The second-order valence-electron chi connectivity index (χ2n) is 2.73. The molecule has 0 unspecified atom stereocenters. The van der Waals surface area contributed by atoms with Crippen LogP contribution < -0.4 is 0 Å². The number of rotatable bonds is 1. The van der Waals surface area contributed by atoms with Crippen molar-refractivity contribution in [3.05, 3.63) is 60.7 Å². The third kappa shape index (κ3) is 3.79. The summed E-state index contributed by atoms with van der Waals surface area (Å²) in [5.74, 6) is 0. The zero-order valence-corrected chi connectivity index (χ0v) is 11.5. The Labute approximate surface area is 124 Å². The van der Waals surface area contributed by atoms with Gasteiger partial charge in [-0.1, -0.05) is 60.7 Å². The molecule has 2 aromatic carbocycles. The quantitative estimate of drug-likeness (QED) is 0.701. The van der Waals surface area contributed by atoms with Gasteiger partial charge in [-0.15, -0.1) is 0 Å². The average Bonchev–Trinajstić information content (AvgIpc) is 2.21. The summed E-state index contributed by atoms with van der Waals surface area (Å²) < 4.78 is 0. The van der Waals surface area contributed by atoms with Crippen molar-refractivity contribution >= 4 is 54.0 Å². The summed E-state index contributed by atoms with van der Waals surface area (Å²) in [5.41, 5.74) is 2.55. The molecule has 2 rings (SSSR count). The smallest absolute Gasteiger partial charge is 0.0184 e. The fraction of sp³-hybridized carbons (Fsp3) is 0. The Hall–Kier alpha value is 0.258. The minimum absolute atomic E-state index is 0. The molecular formula is C12H14NaSb. The average molecular weight is 303 g/mol. The minimum atomic E-state index is 0. The van der Waals surface area contributed by atoms with Gasteiger partial charge in [-0.3, -0.25) is 0 Å². The molecule has 2 heteroatoms. The van der Waals surface area contributed by atoms with E-state index in [-0.39, 0.29) is 54.0 Å². The van der Waals surface area contributed by atoms with Gasteiger partial charge in [-0.25, -0.2) is 0 Å². The third-order valence-electron chi connectivity index (χ3n) is 1.88. The van der Waals surface area contributed by atoms with Crippen LogP contribution in [0.15, 0.2) is 60.7 Å². The van der Waals surface area contributed by atoms with E-state index in [4.69, 9.17) is 0 Å². The molecule has 0 fully saturated rings. The summed E-state index contributed by atoms with van der Waals surface area (Å²) in [6, 6.07) is 20.8. The van der Waals surface area contributed by atoms with E-state index in [1.54, 1.807) is 0 Å². The van der Waals surface area contributed by atoms with Gasteiger partial charge in [0.05, 0.1) is 0 Å². The predicted molar refractivity (Wildman–Crippen MR) is 69.0 cm³/mol. The van der Waals surface area contributed by atoms with Crippen molar-refractivity contribution in [1.82, 2.24) is 0 Å². The van der Waals surface area contributed by atoms with Gasteiger partial charge in [-0.05, 0) is 11.1 Å². The summed E-state index contributed by atoms with van der Waals surface area (Å²) in [7, 11) is 0. The first-order valence-corrected chi connectivity index (χ1v) is 4.07. The van der Waals surface area contributed by atoms with E-state index < -0.39 is 0 Å². The van der Waals surface area contributed by atoms with E-state index in [1.807, 2.05) is 12.1 Å². The van der Waals surface area contributed by atoms with Crippen LogP contribution >= 0.6 is 0 Å². The van der Waals surface area contributed by atoms with Crippen molar-refractivity contribution in [3.8, 4) is 11.1 Å². The Bertz CT molecular complexity index is 308. The number of hydrogen-bond donors (Lipinski definition) is 0. The van der Waals surface area contributed by atoms with Gasteiger partial charge in [0.25, 0.3) is 0 Å². The third-order valence-corrected chi connectivity index (χ3v) is 1.88. The predicted octanol–water partition coefficient (Wildman–Crippen LogP) is 1.52. The fourth-order valence-electron chi connectivity index (χ4n) is 1.26. The first kappa shape index (κ1) is 14.3. The summed E-state index contributed by atoms with van der Waals surface area (Å²) in [5, 5.41) is 0. The first-order valence-electron chi connectivity index (χ1n) is 4.07. The van der Waals surface area contributed by atoms with Crippen LogP contribution in [0.3, 0.4) is 0 Å². The molecule has 0 aliphatic heterocycles.